The summed E-state index contributed by atoms with van der Waals surface area (Å²) in [4.78, 5) is 11.5. The fraction of sp³-hybridized carbons (Fsp3) is 0.278. The molecule has 0 aliphatic rings. The van der Waals surface area contributed by atoms with Gasteiger partial charge in [0.2, 0.25) is 0 Å². The molecule has 2 aromatic rings. The molecule has 0 bridgehead atoms. The first-order chi connectivity index (χ1) is 11.2. The van der Waals surface area contributed by atoms with Crippen molar-refractivity contribution in [3.63, 3.8) is 0 Å². The Bertz CT molecular complexity index is 590. The molecule has 0 fully saturated rings. The summed E-state index contributed by atoms with van der Waals surface area (Å²) in [5.41, 5.74) is 6.98. The molecule has 5 heteroatoms. The van der Waals surface area contributed by atoms with Gasteiger partial charge in [-0.1, -0.05) is 60.7 Å². The third-order valence-electron chi connectivity index (χ3n) is 3.45. The van der Waals surface area contributed by atoms with Crippen molar-refractivity contribution in [1.82, 2.24) is 5.32 Å². The fourth-order valence-corrected chi connectivity index (χ4v) is 2.25. The van der Waals surface area contributed by atoms with Gasteiger partial charge in [0.05, 0.1) is 12.7 Å². The Morgan fingerprint density at radius 3 is 2.17 bits per heavy atom. The van der Waals surface area contributed by atoms with E-state index in [-0.39, 0.29) is 0 Å². The molecule has 0 aliphatic carbocycles. The molecular weight excluding hydrogens is 292 g/mol. The average molecular weight is 314 g/mol. The van der Waals surface area contributed by atoms with E-state index in [1.165, 1.54) is 0 Å². The van der Waals surface area contributed by atoms with Crippen molar-refractivity contribution in [2.24, 2.45) is 5.73 Å². The molecule has 0 saturated carbocycles. The first-order valence-electron chi connectivity index (χ1n) is 7.58. The van der Waals surface area contributed by atoms with Crippen LogP contribution in [0.15, 0.2) is 60.7 Å². The number of benzene rings is 2. The van der Waals surface area contributed by atoms with E-state index in [1.54, 1.807) is 0 Å². The van der Waals surface area contributed by atoms with Crippen molar-refractivity contribution in [3.05, 3.63) is 71.8 Å². The highest BCUT2D eigenvalue weighted by molar-refractivity contribution is 5.80. The van der Waals surface area contributed by atoms with Gasteiger partial charge in [-0.05, 0) is 11.1 Å². The zero-order chi connectivity index (χ0) is 16.5. The summed E-state index contributed by atoms with van der Waals surface area (Å²) in [6.07, 6.45) is -1.32. The highest BCUT2D eigenvalue weighted by Crippen LogP contribution is 2.16. The lowest BCUT2D eigenvalue weighted by atomic mass is 10.1. The van der Waals surface area contributed by atoms with Gasteiger partial charge in [-0.2, -0.15) is 0 Å². The quantitative estimate of drug-likeness (QED) is 0.613. The Labute approximate surface area is 136 Å². The number of amides is 1. The van der Waals surface area contributed by atoms with Gasteiger partial charge in [-0.3, -0.25) is 4.79 Å². The van der Waals surface area contributed by atoms with Gasteiger partial charge in [0.1, 0.15) is 0 Å². The third kappa shape index (κ3) is 5.49. The number of hydrogen-bond donors (Lipinski definition) is 3. The van der Waals surface area contributed by atoms with E-state index < -0.39 is 18.1 Å². The summed E-state index contributed by atoms with van der Waals surface area (Å²) in [7, 11) is 0. The molecule has 0 saturated heterocycles. The molecule has 2 unspecified atom stereocenters. The first kappa shape index (κ1) is 17.1. The van der Waals surface area contributed by atoms with Gasteiger partial charge in [-0.15, -0.1) is 0 Å². The summed E-state index contributed by atoms with van der Waals surface area (Å²) in [5, 5.41) is 13.1. The molecule has 2 atom stereocenters. The first-order valence-corrected chi connectivity index (χ1v) is 7.58. The van der Waals surface area contributed by atoms with Crippen LogP contribution < -0.4 is 11.1 Å². The number of primary amides is 1. The lowest BCUT2D eigenvalue weighted by Crippen LogP contribution is -2.29. The number of rotatable bonds is 9. The SMILES string of the molecule is NC(=O)C(OCCNCC(O)c1ccccc1)c1ccccc1. The molecule has 0 aliphatic heterocycles. The van der Waals surface area contributed by atoms with Gasteiger partial charge < -0.3 is 20.9 Å². The Hall–Kier alpha value is -2.21. The number of aliphatic hydroxyl groups is 1. The molecule has 4 N–H and O–H groups in total. The van der Waals surface area contributed by atoms with Crippen molar-refractivity contribution < 1.29 is 14.6 Å². The molecule has 2 aromatic carbocycles. The monoisotopic (exact) mass is 314 g/mol. The number of nitrogens with two attached hydrogens (primary N) is 1. The van der Waals surface area contributed by atoms with Crippen LogP contribution in [-0.2, 0) is 9.53 Å². The van der Waals surface area contributed by atoms with E-state index in [0.717, 1.165) is 11.1 Å². The number of nitrogens with one attached hydrogen (secondary N) is 1. The average Bonchev–Trinajstić information content (AvgIpc) is 2.59. The van der Waals surface area contributed by atoms with Crippen LogP contribution in [0.4, 0.5) is 0 Å². The Kier molecular flexibility index (Phi) is 6.75. The second-order valence-electron chi connectivity index (χ2n) is 5.19. The summed E-state index contributed by atoms with van der Waals surface area (Å²) >= 11 is 0. The van der Waals surface area contributed by atoms with E-state index >= 15 is 0 Å². The molecule has 0 heterocycles. The van der Waals surface area contributed by atoms with Gasteiger partial charge in [0.25, 0.3) is 5.91 Å². The summed E-state index contributed by atoms with van der Waals surface area (Å²) in [5.74, 6) is -0.513. The van der Waals surface area contributed by atoms with Crippen LogP contribution in [0, 0.1) is 0 Å². The van der Waals surface area contributed by atoms with Crippen LogP contribution in [0.1, 0.15) is 23.3 Å². The van der Waals surface area contributed by atoms with E-state index in [2.05, 4.69) is 5.32 Å². The molecule has 5 nitrogen and oxygen atoms in total. The van der Waals surface area contributed by atoms with Gasteiger partial charge in [-0.25, -0.2) is 0 Å². The molecule has 122 valence electrons. The van der Waals surface area contributed by atoms with Crippen molar-refractivity contribution in [2.45, 2.75) is 12.2 Å². The summed E-state index contributed by atoms with van der Waals surface area (Å²) in [6, 6.07) is 18.6. The van der Waals surface area contributed by atoms with E-state index in [4.69, 9.17) is 10.5 Å². The van der Waals surface area contributed by atoms with E-state index in [0.29, 0.717) is 19.7 Å². The maximum atomic E-state index is 11.5. The minimum atomic E-state index is -0.753. The fourth-order valence-electron chi connectivity index (χ4n) is 2.25. The van der Waals surface area contributed by atoms with Gasteiger partial charge in [0, 0.05) is 13.1 Å². The molecular formula is C18H22N2O3. The Balaban J connectivity index is 1.73. The van der Waals surface area contributed by atoms with Crippen molar-refractivity contribution in [2.75, 3.05) is 19.7 Å². The number of carbonyl (C=O) groups is 1. The van der Waals surface area contributed by atoms with Gasteiger partial charge >= 0.3 is 0 Å². The molecule has 0 radical (unpaired) electrons. The zero-order valence-electron chi connectivity index (χ0n) is 12.9. The number of aliphatic hydroxyl groups excluding tert-OH is 1. The Morgan fingerprint density at radius 2 is 1.61 bits per heavy atom. The van der Waals surface area contributed by atoms with Crippen molar-refractivity contribution in [1.29, 1.82) is 0 Å². The highest BCUT2D eigenvalue weighted by Gasteiger charge is 2.17. The predicted octanol–water partition coefficient (Wildman–Crippen LogP) is 1.55. The number of ether oxygens (including phenoxy) is 1. The molecule has 1 amide bonds. The number of hydrogen-bond acceptors (Lipinski definition) is 4. The van der Waals surface area contributed by atoms with Crippen LogP contribution in [0.3, 0.4) is 0 Å². The topological polar surface area (TPSA) is 84.6 Å². The summed E-state index contributed by atoms with van der Waals surface area (Å²) < 4.78 is 5.56. The molecule has 0 aromatic heterocycles. The zero-order valence-corrected chi connectivity index (χ0v) is 12.9. The predicted molar refractivity (Wildman–Crippen MR) is 88.6 cm³/mol. The maximum Gasteiger partial charge on any atom is 0.251 e. The van der Waals surface area contributed by atoms with Crippen molar-refractivity contribution >= 4 is 5.91 Å². The van der Waals surface area contributed by atoms with Crippen LogP contribution in [0.2, 0.25) is 0 Å². The molecule has 0 spiro atoms. The largest absolute Gasteiger partial charge is 0.387 e. The standard InChI is InChI=1S/C18H22N2O3/c19-18(22)17(15-9-5-2-6-10-15)23-12-11-20-13-16(21)14-7-3-1-4-8-14/h1-10,16-17,20-21H,11-13H2,(H2,19,22). The van der Waals surface area contributed by atoms with Crippen molar-refractivity contribution in [3.8, 4) is 0 Å². The second-order valence-corrected chi connectivity index (χ2v) is 5.19. The minimum Gasteiger partial charge on any atom is -0.387 e. The lowest BCUT2D eigenvalue weighted by molar-refractivity contribution is -0.129. The van der Waals surface area contributed by atoms with E-state index in [9.17, 15) is 9.90 Å². The van der Waals surface area contributed by atoms with Crippen LogP contribution in [0.5, 0.6) is 0 Å². The second kappa shape index (κ2) is 9.05. The summed E-state index contributed by atoms with van der Waals surface area (Å²) in [6.45, 7) is 1.25. The van der Waals surface area contributed by atoms with Crippen LogP contribution in [0.25, 0.3) is 0 Å². The smallest absolute Gasteiger partial charge is 0.251 e. The van der Waals surface area contributed by atoms with E-state index in [1.807, 2.05) is 60.7 Å². The lowest BCUT2D eigenvalue weighted by Gasteiger charge is -2.16. The Morgan fingerprint density at radius 1 is 1.04 bits per heavy atom. The normalized spacial score (nSPS) is 13.4. The van der Waals surface area contributed by atoms with Crippen LogP contribution in [-0.4, -0.2) is 30.7 Å². The maximum absolute atomic E-state index is 11.5. The molecule has 23 heavy (non-hydrogen) atoms. The highest BCUT2D eigenvalue weighted by atomic mass is 16.5. The minimum absolute atomic E-state index is 0.323. The third-order valence-corrected chi connectivity index (χ3v) is 3.45. The molecule has 2 rings (SSSR count). The van der Waals surface area contributed by atoms with Crippen LogP contribution >= 0.6 is 0 Å². The van der Waals surface area contributed by atoms with Gasteiger partial charge in [0.15, 0.2) is 6.10 Å². The number of carbonyl (C=O) groups excluding carboxylic acids is 1.